The highest BCUT2D eigenvalue weighted by Crippen LogP contribution is 2.26. The number of likely N-dealkylation sites (tertiary alicyclic amines) is 1. The number of fused-ring (bicyclic) bond motifs is 1. The Hall–Kier alpha value is -3.23. The molecule has 1 N–H and O–H groups in total. The van der Waals surface area contributed by atoms with Crippen LogP contribution in [-0.2, 0) is 17.9 Å². The first-order chi connectivity index (χ1) is 14.3. The molecule has 0 bridgehead atoms. The molecular formula is C21H24FN5O3. The van der Waals surface area contributed by atoms with E-state index in [1.54, 1.807) is 31.0 Å². The van der Waals surface area contributed by atoms with Gasteiger partial charge in [0, 0.05) is 32.7 Å². The summed E-state index contributed by atoms with van der Waals surface area (Å²) in [4.78, 5) is 41.7. The summed E-state index contributed by atoms with van der Waals surface area (Å²) in [5.41, 5.74) is 0.0919. The van der Waals surface area contributed by atoms with Crippen molar-refractivity contribution >= 4 is 17.7 Å². The van der Waals surface area contributed by atoms with E-state index in [0.717, 1.165) is 18.4 Å². The van der Waals surface area contributed by atoms with Crippen molar-refractivity contribution in [1.29, 1.82) is 0 Å². The molecule has 0 saturated carbocycles. The largest absolute Gasteiger partial charge is 0.350 e. The third kappa shape index (κ3) is 3.44. The van der Waals surface area contributed by atoms with Crippen LogP contribution in [0.5, 0.6) is 0 Å². The van der Waals surface area contributed by atoms with Gasteiger partial charge in [0.25, 0.3) is 11.8 Å². The minimum Gasteiger partial charge on any atom is -0.350 e. The number of aromatic nitrogens is 2. The van der Waals surface area contributed by atoms with Gasteiger partial charge in [-0.15, -0.1) is 0 Å². The molecule has 2 aliphatic rings. The lowest BCUT2D eigenvalue weighted by molar-refractivity contribution is -0.132. The number of carbonyl (C=O) groups excluding carboxylic acids is 3. The molecule has 1 atom stereocenters. The third-order valence-corrected chi connectivity index (χ3v) is 5.97. The summed E-state index contributed by atoms with van der Waals surface area (Å²) in [5, 5.41) is 7.16. The molecule has 0 radical (unpaired) electrons. The first kappa shape index (κ1) is 20.1. The number of amides is 3. The molecule has 0 spiro atoms. The van der Waals surface area contributed by atoms with Crippen LogP contribution in [0.25, 0.3) is 0 Å². The quantitative estimate of drug-likeness (QED) is 0.821. The summed E-state index contributed by atoms with van der Waals surface area (Å²) in [7, 11) is 1.57. The molecule has 3 amide bonds. The van der Waals surface area contributed by atoms with E-state index in [1.807, 2.05) is 0 Å². The molecule has 30 heavy (non-hydrogen) atoms. The highest BCUT2D eigenvalue weighted by Gasteiger charge is 2.46. The molecule has 1 aromatic heterocycles. The smallest absolute Gasteiger partial charge is 0.274 e. The van der Waals surface area contributed by atoms with E-state index in [0.29, 0.717) is 18.8 Å². The van der Waals surface area contributed by atoms with Gasteiger partial charge in [-0.25, -0.2) is 4.39 Å². The molecule has 1 fully saturated rings. The Kier molecular flexibility index (Phi) is 5.05. The molecular weight excluding hydrogens is 389 g/mol. The zero-order valence-electron chi connectivity index (χ0n) is 17.0. The van der Waals surface area contributed by atoms with Crippen LogP contribution in [0.1, 0.15) is 46.3 Å². The molecule has 1 aromatic carbocycles. The van der Waals surface area contributed by atoms with E-state index in [9.17, 15) is 18.8 Å². The van der Waals surface area contributed by atoms with Crippen LogP contribution in [0.2, 0.25) is 0 Å². The molecule has 1 unspecified atom stereocenters. The Morgan fingerprint density at radius 1 is 1.20 bits per heavy atom. The highest BCUT2D eigenvalue weighted by molar-refractivity contribution is 6.01. The van der Waals surface area contributed by atoms with Crippen molar-refractivity contribution in [2.75, 3.05) is 20.1 Å². The van der Waals surface area contributed by atoms with Crippen LogP contribution in [0.4, 0.5) is 4.39 Å². The average Bonchev–Trinajstić information content (AvgIpc) is 3.41. The Labute approximate surface area is 173 Å². The second kappa shape index (κ2) is 7.55. The first-order valence-electron chi connectivity index (χ1n) is 9.97. The van der Waals surface area contributed by atoms with Gasteiger partial charge in [-0.1, -0.05) is 12.1 Å². The number of benzene rings is 1. The Morgan fingerprint density at radius 3 is 2.53 bits per heavy atom. The number of nitrogens with zero attached hydrogens (tertiary/aromatic N) is 4. The van der Waals surface area contributed by atoms with Gasteiger partial charge in [0.1, 0.15) is 17.1 Å². The van der Waals surface area contributed by atoms with Crippen molar-refractivity contribution in [3.8, 4) is 0 Å². The van der Waals surface area contributed by atoms with Crippen LogP contribution >= 0.6 is 0 Å². The fourth-order valence-corrected chi connectivity index (χ4v) is 3.89. The van der Waals surface area contributed by atoms with Crippen LogP contribution in [0, 0.1) is 5.82 Å². The standard InChI is InChI=1S/C21H24FN5O3/c1-21(20(30)23-12-14-5-7-15(22)8-6-14)13-27-17(19(29)25(21)2)11-16(24-27)18(28)26-9-3-4-10-26/h5-8,11H,3-4,9-10,12-13H2,1-2H3,(H,23,30). The van der Waals surface area contributed by atoms with Gasteiger partial charge < -0.3 is 15.1 Å². The number of likely N-dealkylation sites (N-methyl/N-ethyl adjacent to an activating group) is 1. The number of rotatable bonds is 4. The summed E-state index contributed by atoms with van der Waals surface area (Å²) in [6.45, 7) is 3.39. The second-order valence-corrected chi connectivity index (χ2v) is 8.02. The lowest BCUT2D eigenvalue weighted by Crippen LogP contribution is -2.62. The SMILES string of the molecule is CN1C(=O)c2cc(C(=O)N3CCCC3)nn2CC1(C)C(=O)NCc1ccc(F)cc1. The fourth-order valence-electron chi connectivity index (χ4n) is 3.89. The monoisotopic (exact) mass is 413 g/mol. The first-order valence-corrected chi connectivity index (χ1v) is 9.97. The Morgan fingerprint density at radius 2 is 1.87 bits per heavy atom. The second-order valence-electron chi connectivity index (χ2n) is 8.02. The number of hydrogen-bond donors (Lipinski definition) is 1. The van der Waals surface area contributed by atoms with Crippen molar-refractivity contribution in [2.24, 2.45) is 0 Å². The lowest BCUT2D eigenvalue weighted by Gasteiger charge is -2.40. The van der Waals surface area contributed by atoms with E-state index in [1.165, 1.54) is 27.8 Å². The fraction of sp³-hybridized carbons (Fsp3) is 0.429. The van der Waals surface area contributed by atoms with Crippen LogP contribution < -0.4 is 5.32 Å². The molecule has 2 aliphatic heterocycles. The van der Waals surface area contributed by atoms with Gasteiger partial charge >= 0.3 is 0 Å². The molecule has 3 heterocycles. The summed E-state index contributed by atoms with van der Waals surface area (Å²) in [5.74, 6) is -1.25. The Bertz CT molecular complexity index is 997. The summed E-state index contributed by atoms with van der Waals surface area (Å²) < 4.78 is 14.5. The van der Waals surface area contributed by atoms with Crippen molar-refractivity contribution in [3.63, 3.8) is 0 Å². The zero-order valence-corrected chi connectivity index (χ0v) is 17.0. The van der Waals surface area contributed by atoms with E-state index in [4.69, 9.17) is 0 Å². The number of hydrogen-bond acceptors (Lipinski definition) is 4. The van der Waals surface area contributed by atoms with Crippen molar-refractivity contribution in [2.45, 2.75) is 38.4 Å². The van der Waals surface area contributed by atoms with Crippen molar-refractivity contribution in [3.05, 3.63) is 53.1 Å². The summed E-state index contributed by atoms with van der Waals surface area (Å²) in [6.07, 6.45) is 1.93. The van der Waals surface area contributed by atoms with E-state index >= 15 is 0 Å². The molecule has 1 saturated heterocycles. The predicted octanol–water partition coefficient (Wildman–Crippen LogP) is 1.42. The maximum Gasteiger partial charge on any atom is 0.274 e. The van der Waals surface area contributed by atoms with Gasteiger partial charge in [-0.05, 0) is 37.5 Å². The molecule has 8 nitrogen and oxygen atoms in total. The number of halogens is 1. The Balaban J connectivity index is 1.52. The summed E-state index contributed by atoms with van der Waals surface area (Å²) in [6, 6.07) is 7.35. The lowest BCUT2D eigenvalue weighted by atomic mass is 9.96. The van der Waals surface area contributed by atoms with Gasteiger partial charge in [-0.3, -0.25) is 19.1 Å². The maximum atomic E-state index is 13.1. The number of nitrogens with one attached hydrogen (secondary N) is 1. The van der Waals surface area contributed by atoms with Crippen molar-refractivity contribution in [1.82, 2.24) is 24.9 Å². The maximum absolute atomic E-state index is 13.1. The van der Waals surface area contributed by atoms with Crippen LogP contribution in [0.15, 0.2) is 30.3 Å². The topological polar surface area (TPSA) is 87.5 Å². The van der Waals surface area contributed by atoms with E-state index < -0.39 is 5.54 Å². The van der Waals surface area contributed by atoms with Gasteiger partial charge in [0.05, 0.1) is 6.54 Å². The van der Waals surface area contributed by atoms with Gasteiger partial charge in [0.15, 0.2) is 5.69 Å². The van der Waals surface area contributed by atoms with E-state index in [-0.39, 0.29) is 42.3 Å². The highest BCUT2D eigenvalue weighted by atomic mass is 19.1. The molecule has 2 aromatic rings. The molecule has 158 valence electrons. The molecule has 0 aliphatic carbocycles. The van der Waals surface area contributed by atoms with Crippen molar-refractivity contribution < 1.29 is 18.8 Å². The molecule has 4 rings (SSSR count). The average molecular weight is 413 g/mol. The van der Waals surface area contributed by atoms with Crippen LogP contribution in [0.3, 0.4) is 0 Å². The minimum absolute atomic E-state index is 0.132. The van der Waals surface area contributed by atoms with E-state index in [2.05, 4.69) is 10.4 Å². The minimum atomic E-state index is -1.18. The number of carbonyl (C=O) groups is 3. The normalized spacial score (nSPS) is 21.0. The third-order valence-electron chi connectivity index (χ3n) is 5.97. The van der Waals surface area contributed by atoms with Crippen LogP contribution in [-0.4, -0.2) is 63.0 Å². The van der Waals surface area contributed by atoms with Gasteiger partial charge in [-0.2, -0.15) is 5.10 Å². The zero-order chi connectivity index (χ0) is 21.5. The molecule has 9 heteroatoms. The van der Waals surface area contributed by atoms with Gasteiger partial charge in [0.2, 0.25) is 5.91 Å². The predicted molar refractivity (Wildman–Crippen MR) is 106 cm³/mol. The summed E-state index contributed by atoms with van der Waals surface area (Å²) >= 11 is 0.